The number of esters is 1. The molecule has 19 heavy (non-hydrogen) atoms. The second-order valence-electron chi connectivity index (χ2n) is 4.18. The van der Waals surface area contributed by atoms with Gasteiger partial charge in [-0.25, -0.2) is 4.98 Å². The molecule has 0 saturated carbocycles. The van der Waals surface area contributed by atoms with Gasteiger partial charge >= 0.3 is 5.97 Å². The van der Waals surface area contributed by atoms with Crippen LogP contribution >= 0.6 is 0 Å². The maximum Gasteiger partial charge on any atom is 0.309 e. The molecule has 4 heteroatoms. The first-order valence-corrected chi connectivity index (χ1v) is 6.35. The van der Waals surface area contributed by atoms with Gasteiger partial charge in [0.05, 0.1) is 19.6 Å². The minimum Gasteiger partial charge on any atom is -0.491 e. The van der Waals surface area contributed by atoms with Gasteiger partial charge in [0.15, 0.2) is 0 Å². The number of aromatic nitrogens is 1. The van der Waals surface area contributed by atoms with Crippen LogP contribution in [0.2, 0.25) is 0 Å². The fraction of sp³-hybridized carbons (Fsp3) is 0.333. The van der Waals surface area contributed by atoms with Gasteiger partial charge in [-0.3, -0.25) is 4.79 Å². The number of para-hydroxylation sites is 1. The Balaban J connectivity index is 2.08. The minimum absolute atomic E-state index is 0.244. The van der Waals surface area contributed by atoms with E-state index in [2.05, 4.69) is 4.98 Å². The zero-order chi connectivity index (χ0) is 13.7. The van der Waals surface area contributed by atoms with Crippen LogP contribution in [0.15, 0.2) is 30.3 Å². The Bertz CT molecular complexity index is 581. The van der Waals surface area contributed by atoms with E-state index in [0.29, 0.717) is 19.0 Å². The summed E-state index contributed by atoms with van der Waals surface area (Å²) in [5.74, 6) is 0.456. The molecule has 1 heterocycles. The van der Waals surface area contributed by atoms with E-state index in [0.717, 1.165) is 16.6 Å². The molecule has 0 bridgehead atoms. The molecule has 0 atom stereocenters. The van der Waals surface area contributed by atoms with Crippen LogP contribution in [0.4, 0.5) is 0 Å². The van der Waals surface area contributed by atoms with Gasteiger partial charge < -0.3 is 9.47 Å². The second kappa shape index (κ2) is 6.18. The van der Waals surface area contributed by atoms with Crippen molar-refractivity contribution in [3.63, 3.8) is 0 Å². The highest BCUT2D eigenvalue weighted by Gasteiger charge is 2.06. The van der Waals surface area contributed by atoms with Gasteiger partial charge in [0, 0.05) is 11.1 Å². The highest BCUT2D eigenvalue weighted by Crippen LogP contribution is 2.23. The average molecular weight is 259 g/mol. The Hall–Kier alpha value is -2.10. The van der Waals surface area contributed by atoms with Crippen molar-refractivity contribution < 1.29 is 14.3 Å². The van der Waals surface area contributed by atoms with Crippen LogP contribution in [0.3, 0.4) is 0 Å². The van der Waals surface area contributed by atoms with Crippen molar-refractivity contribution >= 4 is 16.9 Å². The molecule has 0 aliphatic carbocycles. The standard InChI is InChI=1S/C15H17NO3/c1-3-18-14(17)9-10-19-13-6-4-5-12-8-7-11(2)16-15(12)13/h4-8H,3,9-10H2,1-2H3. The molecule has 0 unspecified atom stereocenters. The van der Waals surface area contributed by atoms with Crippen molar-refractivity contribution in [3.05, 3.63) is 36.0 Å². The summed E-state index contributed by atoms with van der Waals surface area (Å²) in [5.41, 5.74) is 1.76. The Kier molecular flexibility index (Phi) is 4.34. The Morgan fingerprint density at radius 3 is 2.89 bits per heavy atom. The monoisotopic (exact) mass is 259 g/mol. The van der Waals surface area contributed by atoms with Gasteiger partial charge in [0.2, 0.25) is 0 Å². The summed E-state index contributed by atoms with van der Waals surface area (Å²) in [4.78, 5) is 15.7. The van der Waals surface area contributed by atoms with E-state index in [-0.39, 0.29) is 12.4 Å². The van der Waals surface area contributed by atoms with Gasteiger partial charge in [-0.1, -0.05) is 18.2 Å². The summed E-state index contributed by atoms with van der Waals surface area (Å²) in [6, 6.07) is 9.74. The summed E-state index contributed by atoms with van der Waals surface area (Å²) >= 11 is 0. The maximum atomic E-state index is 11.2. The summed E-state index contributed by atoms with van der Waals surface area (Å²) < 4.78 is 10.5. The molecule has 0 N–H and O–H groups in total. The molecule has 0 amide bonds. The molecule has 0 spiro atoms. The lowest BCUT2D eigenvalue weighted by molar-refractivity contribution is -0.143. The van der Waals surface area contributed by atoms with Crippen LogP contribution in [0, 0.1) is 6.92 Å². The number of carbonyl (C=O) groups is 1. The number of aryl methyl sites for hydroxylation is 1. The van der Waals surface area contributed by atoms with E-state index in [9.17, 15) is 4.79 Å². The van der Waals surface area contributed by atoms with Crippen LogP contribution in [0.5, 0.6) is 5.75 Å². The fourth-order valence-electron chi connectivity index (χ4n) is 1.81. The molecule has 2 rings (SSSR count). The topological polar surface area (TPSA) is 48.4 Å². The van der Waals surface area contributed by atoms with Crippen LogP contribution in [0.1, 0.15) is 19.0 Å². The van der Waals surface area contributed by atoms with E-state index >= 15 is 0 Å². The smallest absolute Gasteiger partial charge is 0.309 e. The molecule has 1 aromatic carbocycles. The third-order valence-electron chi connectivity index (χ3n) is 2.69. The number of fused-ring (bicyclic) bond motifs is 1. The second-order valence-corrected chi connectivity index (χ2v) is 4.18. The molecular formula is C15H17NO3. The first kappa shape index (κ1) is 13.3. The Morgan fingerprint density at radius 1 is 1.26 bits per heavy atom. The van der Waals surface area contributed by atoms with Crippen LogP contribution in [0.25, 0.3) is 10.9 Å². The largest absolute Gasteiger partial charge is 0.491 e. The quantitative estimate of drug-likeness (QED) is 0.775. The summed E-state index contributed by atoms with van der Waals surface area (Å²) in [6.45, 7) is 4.42. The molecule has 100 valence electrons. The first-order chi connectivity index (χ1) is 9.20. The van der Waals surface area contributed by atoms with Gasteiger partial charge in [0.1, 0.15) is 11.3 Å². The number of carbonyl (C=O) groups excluding carboxylic acids is 1. The number of nitrogens with zero attached hydrogens (tertiary/aromatic N) is 1. The van der Waals surface area contributed by atoms with Gasteiger partial charge in [-0.05, 0) is 26.0 Å². The van der Waals surface area contributed by atoms with E-state index in [1.54, 1.807) is 6.92 Å². The lowest BCUT2D eigenvalue weighted by atomic mass is 10.2. The maximum absolute atomic E-state index is 11.2. The number of pyridine rings is 1. The molecule has 0 radical (unpaired) electrons. The fourth-order valence-corrected chi connectivity index (χ4v) is 1.81. The summed E-state index contributed by atoms with van der Waals surface area (Å²) in [7, 11) is 0. The van der Waals surface area contributed by atoms with Crippen LogP contribution in [-0.4, -0.2) is 24.2 Å². The average Bonchev–Trinajstić information content (AvgIpc) is 2.39. The van der Waals surface area contributed by atoms with Crippen molar-refractivity contribution in [2.75, 3.05) is 13.2 Å². The number of benzene rings is 1. The molecule has 0 aliphatic rings. The molecule has 2 aromatic rings. The van der Waals surface area contributed by atoms with Crippen molar-refractivity contribution in [1.82, 2.24) is 4.98 Å². The minimum atomic E-state index is -0.244. The van der Waals surface area contributed by atoms with E-state index in [1.165, 1.54) is 0 Å². The third-order valence-corrected chi connectivity index (χ3v) is 2.69. The molecular weight excluding hydrogens is 242 g/mol. The number of rotatable bonds is 5. The molecule has 1 aromatic heterocycles. The highest BCUT2D eigenvalue weighted by atomic mass is 16.5. The van der Waals surface area contributed by atoms with Crippen molar-refractivity contribution in [1.29, 1.82) is 0 Å². The van der Waals surface area contributed by atoms with Crippen molar-refractivity contribution in [3.8, 4) is 5.75 Å². The lowest BCUT2D eigenvalue weighted by Crippen LogP contribution is -2.09. The normalized spacial score (nSPS) is 10.4. The zero-order valence-electron chi connectivity index (χ0n) is 11.2. The summed E-state index contributed by atoms with van der Waals surface area (Å²) in [5, 5.41) is 1.03. The molecule has 0 fully saturated rings. The molecule has 4 nitrogen and oxygen atoms in total. The highest BCUT2D eigenvalue weighted by molar-refractivity contribution is 5.84. The first-order valence-electron chi connectivity index (χ1n) is 6.35. The molecule has 0 aliphatic heterocycles. The Morgan fingerprint density at radius 2 is 2.11 bits per heavy atom. The van der Waals surface area contributed by atoms with Crippen molar-refractivity contribution in [2.24, 2.45) is 0 Å². The van der Waals surface area contributed by atoms with Gasteiger partial charge in [-0.2, -0.15) is 0 Å². The number of hydrogen-bond donors (Lipinski definition) is 0. The SMILES string of the molecule is CCOC(=O)CCOc1cccc2ccc(C)nc12. The lowest BCUT2D eigenvalue weighted by Gasteiger charge is -2.08. The van der Waals surface area contributed by atoms with Crippen LogP contribution in [-0.2, 0) is 9.53 Å². The van der Waals surface area contributed by atoms with E-state index < -0.39 is 0 Å². The summed E-state index contributed by atoms with van der Waals surface area (Å²) in [6.07, 6.45) is 0.246. The van der Waals surface area contributed by atoms with Gasteiger partial charge in [0.25, 0.3) is 0 Å². The predicted octanol–water partition coefficient (Wildman–Crippen LogP) is 2.88. The number of ether oxygens (including phenoxy) is 2. The van der Waals surface area contributed by atoms with E-state index in [1.807, 2.05) is 37.3 Å². The number of hydrogen-bond acceptors (Lipinski definition) is 4. The van der Waals surface area contributed by atoms with Gasteiger partial charge in [-0.15, -0.1) is 0 Å². The molecule has 0 saturated heterocycles. The van der Waals surface area contributed by atoms with Crippen LogP contribution < -0.4 is 4.74 Å². The zero-order valence-corrected chi connectivity index (χ0v) is 11.2. The van der Waals surface area contributed by atoms with E-state index in [4.69, 9.17) is 9.47 Å². The third kappa shape index (κ3) is 3.44. The van der Waals surface area contributed by atoms with Crippen molar-refractivity contribution in [2.45, 2.75) is 20.3 Å². The Labute approximate surface area is 112 Å². The predicted molar refractivity (Wildman–Crippen MR) is 73.2 cm³/mol.